The van der Waals surface area contributed by atoms with E-state index in [0.29, 0.717) is 5.69 Å². The van der Waals surface area contributed by atoms with Gasteiger partial charge >= 0.3 is 5.97 Å². The van der Waals surface area contributed by atoms with E-state index < -0.39 is 5.97 Å². The summed E-state index contributed by atoms with van der Waals surface area (Å²) in [5.41, 5.74) is 1.44. The number of carbonyl (C=O) groups excluding carboxylic acids is 2. The van der Waals surface area contributed by atoms with Crippen molar-refractivity contribution in [2.45, 2.75) is 6.92 Å². The second kappa shape index (κ2) is 5.97. The minimum atomic E-state index is -0.616. The quantitative estimate of drug-likeness (QED) is 0.683. The van der Waals surface area contributed by atoms with Crippen molar-refractivity contribution in [2.75, 3.05) is 7.11 Å². The van der Waals surface area contributed by atoms with Gasteiger partial charge in [-0.25, -0.2) is 9.78 Å². The molecule has 0 bridgehead atoms. The Kier molecular flexibility index (Phi) is 4.10. The van der Waals surface area contributed by atoms with E-state index in [4.69, 9.17) is 0 Å². The molecule has 0 saturated heterocycles. The topological polar surface area (TPSA) is 68.3 Å². The summed E-state index contributed by atoms with van der Waals surface area (Å²) in [5.74, 6) is -0.961. The molecule has 0 aliphatic carbocycles. The third-order valence-electron chi connectivity index (χ3n) is 2.63. The first-order valence-corrected chi connectivity index (χ1v) is 6.03. The lowest BCUT2D eigenvalue weighted by Crippen LogP contribution is -2.25. The van der Waals surface area contributed by atoms with Gasteiger partial charge in [0.25, 0.3) is 0 Å². The Morgan fingerprint density at radius 1 is 1.20 bits per heavy atom. The van der Waals surface area contributed by atoms with Gasteiger partial charge in [-0.15, -0.1) is 0 Å². The molecule has 1 aromatic carbocycles. The summed E-state index contributed by atoms with van der Waals surface area (Å²) < 4.78 is 4.62. The monoisotopic (exact) mass is 270 g/mol. The number of hydrogen-bond donors (Lipinski definition) is 1. The zero-order valence-corrected chi connectivity index (χ0v) is 11.2. The number of benzene rings is 1. The Balaban J connectivity index is 2.41. The van der Waals surface area contributed by atoms with Gasteiger partial charge in [0, 0.05) is 12.3 Å². The molecular weight excluding hydrogens is 256 g/mol. The van der Waals surface area contributed by atoms with Crippen LogP contribution in [-0.4, -0.2) is 24.0 Å². The minimum Gasteiger partial charge on any atom is -0.464 e. The van der Waals surface area contributed by atoms with Crippen LogP contribution in [0.4, 0.5) is 0 Å². The summed E-state index contributed by atoms with van der Waals surface area (Å²) in [6.45, 7) is 1.32. The lowest BCUT2D eigenvalue weighted by molar-refractivity contribution is -0.137. The van der Waals surface area contributed by atoms with Crippen molar-refractivity contribution in [3.05, 3.63) is 47.8 Å². The number of pyridine rings is 1. The molecule has 0 aliphatic rings. The average Bonchev–Trinajstić information content (AvgIpc) is 2.45. The minimum absolute atomic E-state index is 0.0581. The first-order chi connectivity index (χ1) is 9.60. The van der Waals surface area contributed by atoms with Crippen molar-refractivity contribution in [1.82, 2.24) is 10.3 Å². The van der Waals surface area contributed by atoms with Crippen LogP contribution in [0.3, 0.4) is 0 Å². The third kappa shape index (κ3) is 3.20. The van der Waals surface area contributed by atoms with Crippen molar-refractivity contribution in [3.63, 3.8) is 0 Å². The largest absolute Gasteiger partial charge is 0.464 e. The molecule has 20 heavy (non-hydrogen) atoms. The van der Waals surface area contributed by atoms with Crippen LogP contribution in [0.5, 0.6) is 0 Å². The van der Waals surface area contributed by atoms with E-state index in [1.165, 1.54) is 20.1 Å². The summed E-state index contributed by atoms with van der Waals surface area (Å²) in [5, 5.41) is 3.44. The normalized spacial score (nSPS) is 11.2. The number of esters is 1. The van der Waals surface area contributed by atoms with Crippen molar-refractivity contribution in [1.29, 1.82) is 0 Å². The fourth-order valence-corrected chi connectivity index (χ4v) is 1.76. The molecule has 1 aromatic heterocycles. The number of nitrogens with zero attached hydrogens (tertiary/aromatic N) is 1. The number of nitrogens with one attached hydrogen (secondary N) is 1. The van der Waals surface area contributed by atoms with Crippen LogP contribution in [-0.2, 0) is 14.3 Å². The van der Waals surface area contributed by atoms with Gasteiger partial charge in [-0.3, -0.25) is 4.79 Å². The molecule has 5 heteroatoms. The summed E-state index contributed by atoms with van der Waals surface area (Å²) in [6, 6.07) is 11.3. The lowest BCUT2D eigenvalue weighted by atomic mass is 10.2. The van der Waals surface area contributed by atoms with Crippen molar-refractivity contribution in [2.24, 2.45) is 0 Å². The number of carbonyl (C=O) groups is 2. The van der Waals surface area contributed by atoms with E-state index in [1.807, 2.05) is 30.3 Å². The average molecular weight is 270 g/mol. The van der Waals surface area contributed by atoms with Crippen molar-refractivity contribution in [3.8, 4) is 0 Å². The van der Waals surface area contributed by atoms with E-state index in [-0.39, 0.29) is 11.6 Å². The lowest BCUT2D eigenvalue weighted by Gasteiger charge is -2.06. The van der Waals surface area contributed by atoms with Crippen LogP contribution >= 0.6 is 0 Å². The van der Waals surface area contributed by atoms with E-state index in [0.717, 1.165) is 10.9 Å². The number of para-hydroxylation sites is 1. The van der Waals surface area contributed by atoms with Gasteiger partial charge < -0.3 is 10.1 Å². The molecule has 0 fully saturated rings. The Hall–Kier alpha value is -2.69. The zero-order chi connectivity index (χ0) is 14.5. The van der Waals surface area contributed by atoms with Crippen molar-refractivity contribution >= 4 is 28.9 Å². The maximum Gasteiger partial charge on any atom is 0.354 e. The number of fused-ring (bicyclic) bond motifs is 1. The number of aromatic nitrogens is 1. The van der Waals surface area contributed by atoms with Gasteiger partial charge in [-0.2, -0.15) is 0 Å². The molecule has 0 unspecified atom stereocenters. The van der Waals surface area contributed by atoms with Crippen LogP contribution < -0.4 is 5.32 Å². The Bertz CT molecular complexity index is 692. The molecule has 0 aliphatic heterocycles. The third-order valence-corrected chi connectivity index (χ3v) is 2.63. The molecule has 1 heterocycles. The molecule has 5 nitrogen and oxygen atoms in total. The molecule has 2 rings (SSSR count). The second-order valence-electron chi connectivity index (χ2n) is 4.16. The van der Waals surface area contributed by atoms with Gasteiger partial charge in [0.2, 0.25) is 5.91 Å². The molecule has 2 aromatic rings. The van der Waals surface area contributed by atoms with E-state index in [2.05, 4.69) is 15.0 Å². The first kappa shape index (κ1) is 13.7. The number of hydrogen-bond acceptors (Lipinski definition) is 4. The molecule has 0 radical (unpaired) electrons. The van der Waals surface area contributed by atoms with Gasteiger partial charge in [0.1, 0.15) is 5.70 Å². The van der Waals surface area contributed by atoms with Crippen LogP contribution in [0.15, 0.2) is 42.1 Å². The molecule has 0 spiro atoms. The van der Waals surface area contributed by atoms with E-state index in [9.17, 15) is 9.59 Å². The van der Waals surface area contributed by atoms with Crippen molar-refractivity contribution < 1.29 is 14.3 Å². The summed E-state index contributed by atoms with van der Waals surface area (Å²) in [7, 11) is 1.26. The standard InChI is InChI=1S/C15H14N2O3/c1-10(18)16-14(15(19)20-2)9-12-8-7-11-5-3-4-6-13(11)17-12/h3-9H,1-2H3,(H,16,18)/b14-9-. The Labute approximate surface area is 116 Å². The molecule has 1 amide bonds. The maximum absolute atomic E-state index is 11.6. The van der Waals surface area contributed by atoms with E-state index >= 15 is 0 Å². The molecule has 0 atom stereocenters. The second-order valence-corrected chi connectivity index (χ2v) is 4.16. The van der Waals surface area contributed by atoms with E-state index in [1.54, 1.807) is 6.07 Å². The highest BCUT2D eigenvalue weighted by Gasteiger charge is 2.11. The fraction of sp³-hybridized carbons (Fsp3) is 0.133. The molecule has 0 saturated carbocycles. The highest BCUT2D eigenvalue weighted by atomic mass is 16.5. The zero-order valence-electron chi connectivity index (χ0n) is 11.2. The van der Waals surface area contributed by atoms with Gasteiger partial charge in [-0.05, 0) is 18.2 Å². The molecule has 102 valence electrons. The Morgan fingerprint density at radius 3 is 2.65 bits per heavy atom. The summed E-state index contributed by atoms with van der Waals surface area (Å²) in [6.07, 6.45) is 1.49. The Morgan fingerprint density at radius 2 is 1.95 bits per heavy atom. The highest BCUT2D eigenvalue weighted by Crippen LogP contribution is 2.13. The number of methoxy groups -OCH3 is 1. The molecular formula is C15H14N2O3. The fourth-order valence-electron chi connectivity index (χ4n) is 1.76. The predicted molar refractivity (Wildman–Crippen MR) is 75.6 cm³/mol. The van der Waals surface area contributed by atoms with Crippen LogP contribution in [0.25, 0.3) is 17.0 Å². The number of rotatable bonds is 3. The van der Waals surface area contributed by atoms with Crippen LogP contribution in [0.2, 0.25) is 0 Å². The smallest absolute Gasteiger partial charge is 0.354 e. The first-order valence-electron chi connectivity index (χ1n) is 6.03. The summed E-state index contributed by atoms with van der Waals surface area (Å²) in [4.78, 5) is 27.1. The predicted octanol–water partition coefficient (Wildman–Crippen LogP) is 1.88. The number of ether oxygens (including phenoxy) is 1. The van der Waals surface area contributed by atoms with Crippen LogP contribution in [0, 0.1) is 0 Å². The van der Waals surface area contributed by atoms with Gasteiger partial charge in [-0.1, -0.05) is 24.3 Å². The number of amides is 1. The SMILES string of the molecule is COC(=O)/C(=C/c1ccc2ccccc2n1)NC(C)=O. The van der Waals surface area contributed by atoms with Crippen LogP contribution in [0.1, 0.15) is 12.6 Å². The maximum atomic E-state index is 11.6. The summed E-state index contributed by atoms with van der Waals surface area (Å²) >= 11 is 0. The highest BCUT2D eigenvalue weighted by molar-refractivity contribution is 5.97. The van der Waals surface area contributed by atoms with Gasteiger partial charge in [0.15, 0.2) is 0 Å². The van der Waals surface area contributed by atoms with Gasteiger partial charge in [0.05, 0.1) is 18.3 Å². The molecule has 1 N–H and O–H groups in total.